The fourth-order valence-corrected chi connectivity index (χ4v) is 2.99. The van der Waals surface area contributed by atoms with Crippen LogP contribution in [-0.2, 0) is 13.2 Å². The molecule has 6 heteroatoms. The van der Waals surface area contributed by atoms with Crippen LogP contribution in [0.4, 0.5) is 14.5 Å². The Labute approximate surface area is 163 Å². The van der Waals surface area contributed by atoms with Gasteiger partial charge in [0.2, 0.25) is 0 Å². The molecule has 0 fully saturated rings. The van der Waals surface area contributed by atoms with Crippen molar-refractivity contribution < 1.29 is 18.3 Å². The molecule has 28 heavy (non-hydrogen) atoms. The zero-order valence-electron chi connectivity index (χ0n) is 15.8. The molecule has 3 rings (SSSR count). The summed E-state index contributed by atoms with van der Waals surface area (Å²) in [6, 6.07) is 16.4. The number of ether oxygens (including phenoxy) is 2. The molecule has 3 aromatic rings. The van der Waals surface area contributed by atoms with Crippen LogP contribution >= 0.6 is 0 Å². The highest BCUT2D eigenvalue weighted by molar-refractivity contribution is 5.50. The van der Waals surface area contributed by atoms with Crippen LogP contribution < -0.4 is 14.8 Å². The molecule has 0 atom stereocenters. The van der Waals surface area contributed by atoms with Crippen LogP contribution in [0, 0.1) is 13.8 Å². The van der Waals surface area contributed by atoms with E-state index in [0.29, 0.717) is 18.8 Å². The van der Waals surface area contributed by atoms with Crippen LogP contribution in [0.15, 0.2) is 60.8 Å². The molecule has 1 heterocycles. The second-order valence-corrected chi connectivity index (χ2v) is 6.43. The largest absolute Gasteiger partial charge is 0.487 e. The second kappa shape index (κ2) is 9.17. The van der Waals surface area contributed by atoms with Crippen LogP contribution in [0.1, 0.15) is 22.4 Å². The Morgan fingerprint density at radius 3 is 2.46 bits per heavy atom. The van der Waals surface area contributed by atoms with Gasteiger partial charge in [0.05, 0.1) is 5.69 Å². The minimum absolute atomic E-state index is 0.130. The first kappa shape index (κ1) is 19.6. The Morgan fingerprint density at radius 2 is 1.79 bits per heavy atom. The Hall–Kier alpha value is -3.15. The van der Waals surface area contributed by atoms with Gasteiger partial charge in [-0.25, -0.2) is 0 Å². The SMILES string of the molecule is Cc1cc(CNc2cccc(OC(F)F)c2)cc(C)c1OCc1ccccn1. The molecule has 0 saturated heterocycles. The molecule has 2 aromatic carbocycles. The summed E-state index contributed by atoms with van der Waals surface area (Å²) in [5, 5.41) is 3.23. The van der Waals surface area contributed by atoms with Gasteiger partial charge in [-0.1, -0.05) is 24.3 Å². The normalized spacial score (nSPS) is 10.8. The zero-order valence-corrected chi connectivity index (χ0v) is 15.8. The van der Waals surface area contributed by atoms with E-state index >= 15 is 0 Å². The van der Waals surface area contributed by atoms with Crippen molar-refractivity contribution in [3.8, 4) is 11.5 Å². The summed E-state index contributed by atoms with van der Waals surface area (Å²) in [7, 11) is 0. The topological polar surface area (TPSA) is 43.4 Å². The lowest BCUT2D eigenvalue weighted by Gasteiger charge is -2.15. The molecule has 0 aliphatic carbocycles. The Bertz CT molecular complexity index is 894. The van der Waals surface area contributed by atoms with Crippen molar-refractivity contribution in [3.05, 3.63) is 83.2 Å². The average molecular weight is 384 g/mol. The number of hydrogen-bond donors (Lipinski definition) is 1. The maximum Gasteiger partial charge on any atom is 0.387 e. The summed E-state index contributed by atoms with van der Waals surface area (Å²) in [4.78, 5) is 4.27. The number of nitrogens with zero attached hydrogens (tertiary/aromatic N) is 1. The molecule has 0 spiro atoms. The van der Waals surface area contributed by atoms with E-state index in [0.717, 1.165) is 28.1 Å². The smallest absolute Gasteiger partial charge is 0.387 e. The van der Waals surface area contributed by atoms with E-state index in [9.17, 15) is 8.78 Å². The summed E-state index contributed by atoms with van der Waals surface area (Å²) in [6.45, 7) is 2.14. The van der Waals surface area contributed by atoms with E-state index in [4.69, 9.17) is 4.74 Å². The lowest BCUT2D eigenvalue weighted by molar-refractivity contribution is -0.0498. The number of benzene rings is 2. The molecular weight excluding hydrogens is 362 g/mol. The molecule has 0 saturated carbocycles. The van der Waals surface area contributed by atoms with Gasteiger partial charge in [0, 0.05) is 24.5 Å². The second-order valence-electron chi connectivity index (χ2n) is 6.43. The lowest BCUT2D eigenvalue weighted by Crippen LogP contribution is -2.05. The van der Waals surface area contributed by atoms with Gasteiger partial charge >= 0.3 is 6.61 Å². The summed E-state index contributed by atoms with van der Waals surface area (Å²) < 4.78 is 35.1. The van der Waals surface area contributed by atoms with Crippen LogP contribution in [0.5, 0.6) is 11.5 Å². The first-order chi connectivity index (χ1) is 13.5. The minimum atomic E-state index is -2.83. The summed E-state index contributed by atoms with van der Waals surface area (Å²) in [6.07, 6.45) is 1.74. The molecule has 0 amide bonds. The number of aromatic nitrogens is 1. The van der Waals surface area contributed by atoms with Crippen molar-refractivity contribution in [2.75, 3.05) is 5.32 Å². The van der Waals surface area contributed by atoms with Crippen LogP contribution in [0.25, 0.3) is 0 Å². The number of pyridine rings is 1. The van der Waals surface area contributed by atoms with Gasteiger partial charge in [-0.3, -0.25) is 4.98 Å². The molecule has 0 unspecified atom stereocenters. The van der Waals surface area contributed by atoms with Crippen molar-refractivity contribution in [3.63, 3.8) is 0 Å². The number of anilines is 1. The standard InChI is InChI=1S/C22H22F2N2O2/c1-15-10-17(13-26-18-7-5-8-20(12-18)28-22(23)24)11-16(2)21(15)27-14-19-6-3-4-9-25-19/h3-12,22,26H,13-14H2,1-2H3. The third-order valence-corrected chi connectivity index (χ3v) is 4.17. The lowest BCUT2D eigenvalue weighted by atomic mass is 10.1. The highest BCUT2D eigenvalue weighted by Gasteiger charge is 2.08. The molecule has 4 nitrogen and oxygen atoms in total. The first-order valence-electron chi connectivity index (χ1n) is 8.93. The van der Waals surface area contributed by atoms with Crippen LogP contribution in [-0.4, -0.2) is 11.6 Å². The monoisotopic (exact) mass is 384 g/mol. The minimum Gasteiger partial charge on any atom is -0.487 e. The summed E-state index contributed by atoms with van der Waals surface area (Å²) >= 11 is 0. The summed E-state index contributed by atoms with van der Waals surface area (Å²) in [5.74, 6) is 0.979. The predicted octanol–water partition coefficient (Wildman–Crippen LogP) is 5.49. The molecule has 1 aromatic heterocycles. The number of hydrogen-bond acceptors (Lipinski definition) is 4. The first-order valence-corrected chi connectivity index (χ1v) is 8.93. The fraction of sp³-hybridized carbons (Fsp3) is 0.227. The Kier molecular flexibility index (Phi) is 6.42. The zero-order chi connectivity index (χ0) is 19.9. The molecule has 146 valence electrons. The third-order valence-electron chi connectivity index (χ3n) is 4.17. The summed E-state index contributed by atoms with van der Waals surface area (Å²) in [5.41, 5.74) is 4.72. The van der Waals surface area contributed by atoms with Gasteiger partial charge < -0.3 is 14.8 Å². The van der Waals surface area contributed by atoms with Gasteiger partial charge in [-0.15, -0.1) is 0 Å². The van der Waals surface area contributed by atoms with Crippen molar-refractivity contribution in [1.82, 2.24) is 4.98 Å². The maximum absolute atomic E-state index is 12.3. The van der Waals surface area contributed by atoms with E-state index in [1.54, 1.807) is 18.3 Å². The molecule has 1 N–H and O–H groups in total. The molecular formula is C22H22F2N2O2. The van der Waals surface area contributed by atoms with E-state index in [1.165, 1.54) is 6.07 Å². The van der Waals surface area contributed by atoms with Crippen molar-refractivity contribution in [2.24, 2.45) is 0 Å². The van der Waals surface area contributed by atoms with Gasteiger partial charge in [0.1, 0.15) is 18.1 Å². The predicted molar refractivity (Wildman–Crippen MR) is 105 cm³/mol. The van der Waals surface area contributed by atoms with Crippen LogP contribution in [0.3, 0.4) is 0 Å². The van der Waals surface area contributed by atoms with Crippen LogP contribution in [0.2, 0.25) is 0 Å². The number of halogens is 2. The van der Waals surface area contributed by atoms with Gasteiger partial charge in [0.25, 0.3) is 0 Å². The highest BCUT2D eigenvalue weighted by atomic mass is 19.3. The van der Waals surface area contributed by atoms with E-state index in [-0.39, 0.29) is 5.75 Å². The molecule has 0 aliphatic rings. The molecule has 0 aliphatic heterocycles. The van der Waals surface area contributed by atoms with Crippen molar-refractivity contribution in [2.45, 2.75) is 33.6 Å². The van der Waals surface area contributed by atoms with E-state index in [2.05, 4.69) is 15.0 Å². The van der Waals surface area contributed by atoms with Crippen molar-refractivity contribution in [1.29, 1.82) is 0 Å². The Balaban J connectivity index is 1.64. The van der Waals surface area contributed by atoms with E-state index < -0.39 is 6.61 Å². The third kappa shape index (κ3) is 5.42. The quantitative estimate of drug-likeness (QED) is 0.558. The number of aryl methyl sites for hydroxylation is 2. The van der Waals surface area contributed by atoms with Crippen molar-refractivity contribution >= 4 is 5.69 Å². The fourth-order valence-electron chi connectivity index (χ4n) is 2.99. The highest BCUT2D eigenvalue weighted by Crippen LogP contribution is 2.26. The van der Waals surface area contributed by atoms with E-state index in [1.807, 2.05) is 50.2 Å². The van der Waals surface area contributed by atoms with Gasteiger partial charge in [0.15, 0.2) is 0 Å². The Morgan fingerprint density at radius 1 is 1.00 bits per heavy atom. The number of nitrogens with one attached hydrogen (secondary N) is 1. The average Bonchev–Trinajstić information content (AvgIpc) is 2.66. The van der Waals surface area contributed by atoms with Gasteiger partial charge in [-0.05, 0) is 54.8 Å². The molecule has 0 bridgehead atoms. The number of rotatable bonds is 8. The maximum atomic E-state index is 12.3. The van der Waals surface area contributed by atoms with Gasteiger partial charge in [-0.2, -0.15) is 8.78 Å². The number of alkyl halides is 2. The molecule has 0 radical (unpaired) electrons.